The minimum atomic E-state index is -3.54. The summed E-state index contributed by atoms with van der Waals surface area (Å²) in [6, 6.07) is 2.45. The van der Waals surface area contributed by atoms with Crippen LogP contribution in [0.1, 0.15) is 11.1 Å². The maximum atomic E-state index is 13.4. The van der Waals surface area contributed by atoms with Crippen molar-refractivity contribution in [3.63, 3.8) is 0 Å². The molecule has 0 bridgehead atoms. The van der Waals surface area contributed by atoms with Crippen LogP contribution in [0.2, 0.25) is 0 Å². The van der Waals surface area contributed by atoms with E-state index in [1.807, 2.05) is 0 Å². The molecular formula is C19H19F2N7O2S. The van der Waals surface area contributed by atoms with Crippen LogP contribution in [-0.4, -0.2) is 52.7 Å². The van der Waals surface area contributed by atoms with Crippen molar-refractivity contribution in [2.24, 2.45) is 5.14 Å². The van der Waals surface area contributed by atoms with Crippen molar-refractivity contribution in [1.82, 2.24) is 19.9 Å². The molecule has 162 valence electrons. The molecule has 31 heavy (non-hydrogen) atoms. The van der Waals surface area contributed by atoms with Crippen molar-refractivity contribution in [3.8, 4) is 11.3 Å². The van der Waals surface area contributed by atoms with E-state index >= 15 is 0 Å². The van der Waals surface area contributed by atoms with Gasteiger partial charge in [0.1, 0.15) is 5.25 Å². The lowest BCUT2D eigenvalue weighted by Crippen LogP contribution is -2.57. The number of nitrogens with one attached hydrogen (secondary N) is 2. The van der Waals surface area contributed by atoms with Crippen LogP contribution in [0, 0.1) is 11.6 Å². The van der Waals surface area contributed by atoms with E-state index in [0.29, 0.717) is 49.1 Å². The molecule has 0 saturated carbocycles. The van der Waals surface area contributed by atoms with Crippen LogP contribution in [0.4, 0.5) is 20.7 Å². The van der Waals surface area contributed by atoms with Gasteiger partial charge in [0.2, 0.25) is 21.9 Å². The summed E-state index contributed by atoms with van der Waals surface area (Å²) in [6.45, 7) is 0.589. The van der Waals surface area contributed by atoms with Crippen molar-refractivity contribution in [1.29, 1.82) is 0 Å². The average molecular weight is 447 g/mol. The first-order valence-electron chi connectivity index (χ1n) is 9.63. The fourth-order valence-electron chi connectivity index (χ4n) is 3.88. The van der Waals surface area contributed by atoms with Crippen LogP contribution < -0.4 is 15.4 Å². The Bertz CT molecular complexity index is 1210. The molecule has 3 heterocycles. The van der Waals surface area contributed by atoms with E-state index in [9.17, 15) is 17.2 Å². The van der Waals surface area contributed by atoms with Crippen molar-refractivity contribution < 1.29 is 17.2 Å². The Hall–Kier alpha value is -3.12. The maximum Gasteiger partial charge on any atom is 0.222 e. The Balaban J connectivity index is 1.22. The highest BCUT2D eigenvalue weighted by molar-refractivity contribution is 7.89. The third kappa shape index (κ3) is 3.83. The molecule has 0 atom stereocenters. The van der Waals surface area contributed by atoms with Crippen LogP contribution in [0.25, 0.3) is 11.3 Å². The number of hydrogen-bond acceptors (Lipinski definition) is 7. The molecule has 5 rings (SSSR count). The van der Waals surface area contributed by atoms with Crippen LogP contribution in [0.15, 0.2) is 30.7 Å². The standard InChI is InChI=1S/C19H19F2N7O2S/c20-15-3-10-1-13(2-11(10)4-16(15)21)26-18-23-5-12(6-24-18)17-7-25-19(27-17)28-8-14(9-28)31(22,29)30/h3-7,13-14H,1-2,8-9H2,(H,25,27)(H2,22,29,30)(H,23,24,26). The Morgan fingerprint density at radius 3 is 2.23 bits per heavy atom. The van der Waals surface area contributed by atoms with Gasteiger partial charge in [-0.3, -0.25) is 0 Å². The molecule has 2 aliphatic rings. The number of aromatic amines is 1. The number of halogens is 2. The number of fused-ring (bicyclic) bond motifs is 1. The lowest BCUT2D eigenvalue weighted by molar-refractivity contribution is 0.507. The molecule has 9 nitrogen and oxygen atoms in total. The van der Waals surface area contributed by atoms with E-state index in [-0.39, 0.29) is 6.04 Å². The van der Waals surface area contributed by atoms with Gasteiger partial charge in [-0.05, 0) is 36.1 Å². The first-order chi connectivity index (χ1) is 14.8. The summed E-state index contributed by atoms with van der Waals surface area (Å²) in [6.07, 6.45) is 6.03. The monoisotopic (exact) mass is 447 g/mol. The second kappa shape index (κ2) is 7.24. The summed E-state index contributed by atoms with van der Waals surface area (Å²) < 4.78 is 49.5. The fourth-order valence-corrected chi connectivity index (χ4v) is 4.65. The van der Waals surface area contributed by atoms with Gasteiger partial charge >= 0.3 is 0 Å². The largest absolute Gasteiger partial charge is 0.351 e. The summed E-state index contributed by atoms with van der Waals surface area (Å²) in [7, 11) is -3.54. The summed E-state index contributed by atoms with van der Waals surface area (Å²) in [5.74, 6) is -0.698. The summed E-state index contributed by atoms with van der Waals surface area (Å²) in [5, 5.41) is 7.76. The van der Waals surface area contributed by atoms with Crippen molar-refractivity contribution in [2.75, 3.05) is 23.3 Å². The zero-order chi connectivity index (χ0) is 21.8. The summed E-state index contributed by atoms with van der Waals surface area (Å²) >= 11 is 0. The first-order valence-corrected chi connectivity index (χ1v) is 11.2. The Morgan fingerprint density at radius 1 is 1.03 bits per heavy atom. The molecule has 0 unspecified atom stereocenters. The lowest BCUT2D eigenvalue weighted by atomic mass is 10.1. The van der Waals surface area contributed by atoms with Gasteiger partial charge in [-0.25, -0.2) is 37.3 Å². The molecule has 2 aromatic heterocycles. The van der Waals surface area contributed by atoms with E-state index in [4.69, 9.17) is 5.14 Å². The second-order valence-corrected chi connectivity index (χ2v) is 9.66. The SMILES string of the molecule is NS(=O)(=O)C1CN(c2ncc(-c3cnc(NC4Cc5cc(F)c(F)cc5C4)nc3)[nH]2)C1. The Labute approximate surface area is 176 Å². The molecular weight excluding hydrogens is 428 g/mol. The molecule has 0 radical (unpaired) electrons. The minimum absolute atomic E-state index is 0.0426. The van der Waals surface area contributed by atoms with E-state index in [1.165, 1.54) is 12.1 Å². The average Bonchev–Trinajstić information content (AvgIpc) is 3.27. The van der Waals surface area contributed by atoms with E-state index in [1.54, 1.807) is 23.5 Å². The molecule has 4 N–H and O–H groups in total. The molecule has 12 heteroatoms. The van der Waals surface area contributed by atoms with Gasteiger partial charge in [0, 0.05) is 37.1 Å². The summed E-state index contributed by atoms with van der Waals surface area (Å²) in [5.41, 5.74) is 2.98. The number of H-pyrrole nitrogens is 1. The number of sulfonamides is 1. The number of hydrogen-bond donors (Lipinski definition) is 3. The van der Waals surface area contributed by atoms with Crippen LogP contribution in [0.5, 0.6) is 0 Å². The van der Waals surface area contributed by atoms with Crippen LogP contribution in [-0.2, 0) is 22.9 Å². The number of anilines is 2. The normalized spacial score (nSPS) is 16.9. The number of nitrogens with two attached hydrogens (primary N) is 1. The second-order valence-electron chi connectivity index (χ2n) is 7.82. The zero-order valence-electron chi connectivity index (χ0n) is 16.2. The third-order valence-corrected chi connectivity index (χ3v) is 6.87. The highest BCUT2D eigenvalue weighted by atomic mass is 32.2. The maximum absolute atomic E-state index is 13.4. The molecule has 1 aromatic carbocycles. The van der Waals surface area contributed by atoms with Crippen molar-refractivity contribution in [3.05, 3.63) is 53.5 Å². The molecule has 0 amide bonds. The van der Waals surface area contributed by atoms with Crippen molar-refractivity contribution in [2.45, 2.75) is 24.1 Å². The minimum Gasteiger partial charge on any atom is -0.351 e. The number of rotatable bonds is 5. The first kappa shape index (κ1) is 19.8. The van der Waals surface area contributed by atoms with Gasteiger partial charge in [-0.1, -0.05) is 0 Å². The number of primary sulfonamides is 1. The van der Waals surface area contributed by atoms with Gasteiger partial charge in [0.05, 0.1) is 11.9 Å². The molecule has 1 aliphatic carbocycles. The van der Waals surface area contributed by atoms with Crippen molar-refractivity contribution >= 4 is 21.9 Å². The number of imidazole rings is 1. The quantitative estimate of drug-likeness (QED) is 0.536. The lowest BCUT2D eigenvalue weighted by Gasteiger charge is -2.37. The van der Waals surface area contributed by atoms with E-state index < -0.39 is 26.9 Å². The summed E-state index contributed by atoms with van der Waals surface area (Å²) in [4.78, 5) is 17.8. The number of benzene rings is 1. The number of aromatic nitrogens is 4. The molecule has 3 aromatic rings. The van der Waals surface area contributed by atoms with E-state index in [0.717, 1.165) is 11.1 Å². The van der Waals surface area contributed by atoms with Crippen LogP contribution in [0.3, 0.4) is 0 Å². The molecule has 1 fully saturated rings. The highest BCUT2D eigenvalue weighted by Crippen LogP contribution is 2.27. The van der Waals surface area contributed by atoms with Gasteiger partial charge in [-0.15, -0.1) is 0 Å². The van der Waals surface area contributed by atoms with Gasteiger partial charge in [0.15, 0.2) is 11.6 Å². The third-order valence-electron chi connectivity index (χ3n) is 5.65. The molecule has 1 saturated heterocycles. The van der Waals surface area contributed by atoms with E-state index in [2.05, 4.69) is 25.3 Å². The smallest absolute Gasteiger partial charge is 0.222 e. The topological polar surface area (TPSA) is 130 Å². The van der Waals surface area contributed by atoms with Gasteiger partial charge in [0.25, 0.3) is 0 Å². The molecule has 1 aliphatic heterocycles. The predicted octanol–water partition coefficient (Wildman–Crippen LogP) is 1.20. The Morgan fingerprint density at radius 2 is 1.65 bits per heavy atom. The fraction of sp³-hybridized carbons (Fsp3) is 0.316. The zero-order valence-corrected chi connectivity index (χ0v) is 17.0. The van der Waals surface area contributed by atoms with Gasteiger partial charge in [-0.2, -0.15) is 0 Å². The predicted molar refractivity (Wildman–Crippen MR) is 110 cm³/mol. The number of nitrogens with zero attached hydrogens (tertiary/aromatic N) is 4. The van der Waals surface area contributed by atoms with Gasteiger partial charge < -0.3 is 15.2 Å². The Kier molecular flexibility index (Phi) is 4.63. The highest BCUT2D eigenvalue weighted by Gasteiger charge is 2.36. The van der Waals surface area contributed by atoms with Crippen LogP contribution >= 0.6 is 0 Å². The molecule has 0 spiro atoms.